The van der Waals surface area contributed by atoms with Gasteiger partial charge in [-0.3, -0.25) is 0 Å². The lowest BCUT2D eigenvalue weighted by atomic mass is 9.97. The molecule has 0 aromatic carbocycles. The zero-order chi connectivity index (χ0) is 8.55. The first-order valence-corrected chi connectivity index (χ1v) is 4.66. The second-order valence-corrected chi connectivity index (χ2v) is 3.46. The molecule has 64 valence electrons. The van der Waals surface area contributed by atoms with Gasteiger partial charge in [0.15, 0.2) is 0 Å². The first-order valence-electron chi connectivity index (χ1n) is 3.93. The van der Waals surface area contributed by atoms with Gasteiger partial charge >= 0.3 is 0 Å². The van der Waals surface area contributed by atoms with E-state index < -0.39 is 6.17 Å². The fraction of sp³-hybridized carbons (Fsp3) is 0.500. The van der Waals surface area contributed by atoms with Crippen LogP contribution >= 0.6 is 11.7 Å². The predicted octanol–water partition coefficient (Wildman–Crippen LogP) is 2.23. The highest BCUT2D eigenvalue weighted by atomic mass is 32.1. The molecular formula is C8H9FN2S. The number of aromatic nitrogens is 2. The number of alkyl halides is 1. The van der Waals surface area contributed by atoms with E-state index in [1.165, 1.54) is 11.7 Å². The fourth-order valence-corrected chi connectivity index (χ4v) is 1.89. The zero-order valence-corrected chi connectivity index (χ0v) is 7.57. The van der Waals surface area contributed by atoms with Crippen molar-refractivity contribution in [3.8, 4) is 0 Å². The van der Waals surface area contributed by atoms with Crippen LogP contribution in [-0.2, 0) is 6.42 Å². The van der Waals surface area contributed by atoms with E-state index in [0.717, 1.165) is 29.8 Å². The molecule has 0 bridgehead atoms. The van der Waals surface area contributed by atoms with Crippen molar-refractivity contribution in [1.29, 1.82) is 0 Å². The first kappa shape index (κ1) is 7.86. The van der Waals surface area contributed by atoms with Gasteiger partial charge < -0.3 is 0 Å². The molecule has 12 heavy (non-hydrogen) atoms. The minimum atomic E-state index is -0.847. The van der Waals surface area contributed by atoms with Crippen molar-refractivity contribution >= 4 is 17.8 Å². The maximum absolute atomic E-state index is 12.9. The van der Waals surface area contributed by atoms with Crippen molar-refractivity contribution < 1.29 is 4.39 Å². The number of halogens is 1. The van der Waals surface area contributed by atoms with Crippen molar-refractivity contribution in [2.75, 3.05) is 0 Å². The molecule has 2 rings (SSSR count). The predicted molar refractivity (Wildman–Crippen MR) is 46.8 cm³/mol. The summed E-state index contributed by atoms with van der Waals surface area (Å²) < 4.78 is 21.1. The van der Waals surface area contributed by atoms with E-state index in [1.807, 2.05) is 6.08 Å². The molecule has 1 heterocycles. The third kappa shape index (κ3) is 1.27. The molecule has 0 N–H and O–H groups in total. The average Bonchev–Trinajstić information content (AvgIpc) is 2.49. The average molecular weight is 184 g/mol. The van der Waals surface area contributed by atoms with Crippen LogP contribution in [0.5, 0.6) is 0 Å². The Morgan fingerprint density at radius 3 is 3.08 bits per heavy atom. The Kier molecular flexibility index (Phi) is 1.92. The van der Waals surface area contributed by atoms with Crippen LogP contribution < -0.4 is 0 Å². The maximum atomic E-state index is 12.9. The molecule has 0 fully saturated rings. The third-order valence-corrected chi connectivity index (χ3v) is 2.65. The fourth-order valence-electron chi connectivity index (χ4n) is 1.32. The van der Waals surface area contributed by atoms with Gasteiger partial charge in [0, 0.05) is 0 Å². The third-order valence-electron chi connectivity index (χ3n) is 2.07. The molecule has 1 aliphatic carbocycles. The topological polar surface area (TPSA) is 25.8 Å². The molecule has 0 radical (unpaired) electrons. The van der Waals surface area contributed by atoms with Gasteiger partial charge in [-0.15, -0.1) is 0 Å². The van der Waals surface area contributed by atoms with Crippen LogP contribution in [0.1, 0.15) is 24.7 Å². The minimum absolute atomic E-state index is 0.788. The van der Waals surface area contributed by atoms with Gasteiger partial charge in [-0.05, 0) is 31.4 Å². The lowest BCUT2D eigenvalue weighted by Gasteiger charge is -2.11. The van der Waals surface area contributed by atoms with Crippen LogP contribution in [0.3, 0.4) is 0 Å². The summed E-state index contributed by atoms with van der Waals surface area (Å²) in [7, 11) is 0. The van der Waals surface area contributed by atoms with Gasteiger partial charge in [0.2, 0.25) is 0 Å². The van der Waals surface area contributed by atoms with Gasteiger partial charge in [-0.1, -0.05) is 0 Å². The van der Waals surface area contributed by atoms with Crippen molar-refractivity contribution in [3.63, 3.8) is 0 Å². The molecule has 4 heteroatoms. The normalized spacial score (nSPS) is 18.3. The van der Waals surface area contributed by atoms with Gasteiger partial charge in [-0.25, -0.2) is 4.39 Å². The number of hydrogen-bond acceptors (Lipinski definition) is 3. The number of hydrogen-bond donors (Lipinski definition) is 0. The monoisotopic (exact) mass is 184 g/mol. The quantitative estimate of drug-likeness (QED) is 0.668. The van der Waals surface area contributed by atoms with E-state index in [0.29, 0.717) is 0 Å². The number of aryl methyl sites for hydroxylation is 1. The Bertz CT molecular complexity index is 317. The highest BCUT2D eigenvalue weighted by molar-refractivity contribution is 6.99. The highest BCUT2D eigenvalue weighted by Crippen LogP contribution is 2.25. The summed E-state index contributed by atoms with van der Waals surface area (Å²) in [5.74, 6) is 0. The molecule has 0 saturated carbocycles. The Morgan fingerprint density at radius 2 is 2.33 bits per heavy atom. The second-order valence-electron chi connectivity index (χ2n) is 2.93. The van der Waals surface area contributed by atoms with Crippen LogP contribution in [-0.4, -0.2) is 14.9 Å². The molecule has 1 aliphatic rings. The maximum Gasteiger partial charge on any atom is 0.119 e. The van der Waals surface area contributed by atoms with Crippen LogP contribution in [0.2, 0.25) is 0 Å². The molecule has 1 aromatic rings. The summed E-state index contributed by atoms with van der Waals surface area (Å²) in [4.78, 5) is 0. The lowest BCUT2D eigenvalue weighted by Crippen LogP contribution is -2.05. The first-order chi connectivity index (χ1) is 5.77. The molecule has 0 spiro atoms. The van der Waals surface area contributed by atoms with Gasteiger partial charge in [-0.2, -0.15) is 8.75 Å². The Labute approximate surface area is 74.5 Å². The van der Waals surface area contributed by atoms with E-state index in [-0.39, 0.29) is 0 Å². The molecule has 1 unspecified atom stereocenters. The minimum Gasteiger partial charge on any atom is -0.243 e. The second kappa shape index (κ2) is 2.94. The summed E-state index contributed by atoms with van der Waals surface area (Å²) in [6.45, 7) is 1.57. The largest absolute Gasteiger partial charge is 0.243 e. The number of nitrogens with zero attached hydrogens (tertiary/aromatic N) is 2. The standard InChI is InChI=1S/C8H9FN2S/c1-5(9)6-2-3-7-8(4-6)11-12-10-7/h4-5H,2-3H2,1H3. The Morgan fingerprint density at radius 1 is 1.50 bits per heavy atom. The van der Waals surface area contributed by atoms with E-state index >= 15 is 0 Å². The lowest BCUT2D eigenvalue weighted by molar-refractivity contribution is 0.402. The smallest absolute Gasteiger partial charge is 0.119 e. The Balaban J connectivity index is 2.35. The molecular weight excluding hydrogens is 175 g/mol. The van der Waals surface area contributed by atoms with Gasteiger partial charge in [0.05, 0.1) is 17.4 Å². The summed E-state index contributed by atoms with van der Waals surface area (Å²) in [5.41, 5.74) is 2.73. The van der Waals surface area contributed by atoms with Crippen LogP contribution in [0, 0.1) is 0 Å². The van der Waals surface area contributed by atoms with E-state index in [2.05, 4.69) is 8.75 Å². The number of fused-ring (bicyclic) bond motifs is 1. The summed E-state index contributed by atoms with van der Waals surface area (Å²) in [6, 6.07) is 0. The summed E-state index contributed by atoms with van der Waals surface area (Å²) >= 11 is 1.20. The van der Waals surface area contributed by atoms with Gasteiger partial charge in [0.25, 0.3) is 0 Å². The van der Waals surface area contributed by atoms with E-state index in [9.17, 15) is 4.39 Å². The zero-order valence-electron chi connectivity index (χ0n) is 6.75. The van der Waals surface area contributed by atoms with Crippen LogP contribution in [0.25, 0.3) is 6.08 Å². The van der Waals surface area contributed by atoms with Crippen molar-refractivity contribution in [3.05, 3.63) is 17.0 Å². The van der Waals surface area contributed by atoms with Crippen molar-refractivity contribution in [2.45, 2.75) is 25.9 Å². The van der Waals surface area contributed by atoms with Crippen LogP contribution in [0.4, 0.5) is 4.39 Å². The molecule has 0 aliphatic heterocycles. The van der Waals surface area contributed by atoms with Crippen LogP contribution in [0.15, 0.2) is 5.57 Å². The van der Waals surface area contributed by atoms with Crippen molar-refractivity contribution in [2.24, 2.45) is 0 Å². The van der Waals surface area contributed by atoms with Gasteiger partial charge in [0.1, 0.15) is 11.9 Å². The molecule has 1 aromatic heterocycles. The molecule has 1 atom stereocenters. The molecule has 0 saturated heterocycles. The van der Waals surface area contributed by atoms with Crippen molar-refractivity contribution in [1.82, 2.24) is 8.75 Å². The van der Waals surface area contributed by atoms with E-state index in [4.69, 9.17) is 0 Å². The SMILES string of the molecule is CC(F)C1=Cc2nsnc2CC1. The molecule has 2 nitrogen and oxygen atoms in total. The summed E-state index contributed by atoms with van der Waals surface area (Å²) in [6.07, 6.45) is 2.61. The number of allylic oxidation sites excluding steroid dienone is 1. The van der Waals surface area contributed by atoms with E-state index in [1.54, 1.807) is 6.92 Å². The highest BCUT2D eigenvalue weighted by Gasteiger charge is 2.17. The summed E-state index contributed by atoms with van der Waals surface area (Å²) in [5, 5.41) is 0. The molecule has 0 amide bonds. The Hall–Kier alpha value is -0.770. The number of rotatable bonds is 1.